The second-order valence-corrected chi connectivity index (χ2v) is 4.55. The number of amides is 1. The topological polar surface area (TPSA) is 73.6 Å². The van der Waals surface area contributed by atoms with Gasteiger partial charge in [-0.25, -0.2) is 4.79 Å². The van der Waals surface area contributed by atoms with Crippen molar-refractivity contribution in [2.75, 3.05) is 13.2 Å². The summed E-state index contributed by atoms with van der Waals surface area (Å²) in [6, 6.07) is 5.82. The van der Waals surface area contributed by atoms with E-state index in [9.17, 15) is 4.79 Å². The van der Waals surface area contributed by atoms with Gasteiger partial charge in [0.2, 0.25) is 0 Å². The van der Waals surface area contributed by atoms with Crippen molar-refractivity contribution >= 4 is 6.09 Å². The highest BCUT2D eigenvalue weighted by Gasteiger charge is 2.23. The second-order valence-electron chi connectivity index (χ2n) is 4.55. The molecule has 1 heterocycles. The third-order valence-corrected chi connectivity index (χ3v) is 2.83. The van der Waals surface area contributed by atoms with Gasteiger partial charge in [0.25, 0.3) is 0 Å². The summed E-state index contributed by atoms with van der Waals surface area (Å²) in [5.41, 5.74) is 7.96. The van der Waals surface area contributed by atoms with Crippen LogP contribution < -0.4 is 15.8 Å². The van der Waals surface area contributed by atoms with Crippen LogP contribution in [0.15, 0.2) is 18.2 Å². The van der Waals surface area contributed by atoms with Crippen molar-refractivity contribution in [3.05, 3.63) is 29.3 Å². The highest BCUT2D eigenvalue weighted by atomic mass is 16.6. The third-order valence-electron chi connectivity index (χ3n) is 2.83. The molecule has 1 aliphatic rings. The number of alkyl carbamates (subject to hydrolysis) is 1. The molecule has 0 radical (unpaired) electrons. The predicted molar refractivity (Wildman–Crippen MR) is 67.5 cm³/mol. The van der Waals surface area contributed by atoms with Gasteiger partial charge in [-0.1, -0.05) is 12.1 Å². The number of carbonyl (C=O) groups excluding carboxylic acids is 1. The van der Waals surface area contributed by atoms with Crippen LogP contribution in [0.25, 0.3) is 0 Å². The molecule has 1 saturated heterocycles. The van der Waals surface area contributed by atoms with Gasteiger partial charge in [0.05, 0.1) is 6.54 Å². The molecule has 5 nitrogen and oxygen atoms in total. The van der Waals surface area contributed by atoms with E-state index >= 15 is 0 Å². The van der Waals surface area contributed by atoms with E-state index in [2.05, 4.69) is 5.32 Å². The van der Waals surface area contributed by atoms with E-state index in [0.29, 0.717) is 13.2 Å². The zero-order chi connectivity index (χ0) is 13.1. The van der Waals surface area contributed by atoms with Crippen molar-refractivity contribution in [3.63, 3.8) is 0 Å². The minimum absolute atomic E-state index is 0.0927. The second kappa shape index (κ2) is 5.27. The summed E-state index contributed by atoms with van der Waals surface area (Å²) in [4.78, 5) is 10.9. The summed E-state index contributed by atoms with van der Waals surface area (Å²) in [5.74, 6) is 0.757. The smallest absolute Gasteiger partial charge is 0.407 e. The maximum Gasteiger partial charge on any atom is 0.407 e. The lowest BCUT2D eigenvalue weighted by Crippen LogP contribution is -2.22. The number of ether oxygens (including phenoxy) is 2. The minimum Gasteiger partial charge on any atom is -0.489 e. The zero-order valence-corrected chi connectivity index (χ0v) is 10.6. The van der Waals surface area contributed by atoms with Crippen LogP contribution in [0.3, 0.4) is 0 Å². The molecule has 1 aromatic rings. The summed E-state index contributed by atoms with van der Waals surface area (Å²) >= 11 is 0. The lowest BCUT2D eigenvalue weighted by Gasteiger charge is -2.16. The van der Waals surface area contributed by atoms with E-state index in [4.69, 9.17) is 15.2 Å². The molecule has 1 unspecified atom stereocenters. The van der Waals surface area contributed by atoms with Crippen LogP contribution in [0.1, 0.15) is 24.1 Å². The third kappa shape index (κ3) is 2.92. The number of cyclic esters (lactones) is 1. The Morgan fingerprint density at radius 2 is 2.39 bits per heavy atom. The van der Waals surface area contributed by atoms with Crippen LogP contribution >= 0.6 is 0 Å². The molecule has 18 heavy (non-hydrogen) atoms. The Kier molecular flexibility index (Phi) is 3.72. The highest BCUT2D eigenvalue weighted by Crippen LogP contribution is 2.25. The lowest BCUT2D eigenvalue weighted by atomic mass is 10.1. The molecule has 1 amide bonds. The van der Waals surface area contributed by atoms with Gasteiger partial charge in [0.15, 0.2) is 6.10 Å². The summed E-state index contributed by atoms with van der Waals surface area (Å²) in [7, 11) is 0. The summed E-state index contributed by atoms with van der Waals surface area (Å²) < 4.78 is 10.7. The van der Waals surface area contributed by atoms with E-state index in [-0.39, 0.29) is 18.2 Å². The van der Waals surface area contributed by atoms with E-state index < -0.39 is 0 Å². The van der Waals surface area contributed by atoms with Crippen LogP contribution in [0.5, 0.6) is 5.75 Å². The number of nitrogens with one attached hydrogen (secondary N) is 1. The number of aryl methyl sites for hydroxylation is 1. The predicted octanol–water partition coefficient (Wildman–Crippen LogP) is 1.50. The zero-order valence-electron chi connectivity index (χ0n) is 10.6. The molecule has 0 spiro atoms. The Labute approximate surface area is 106 Å². The minimum atomic E-state index is -0.389. The fraction of sp³-hybridized carbons (Fsp3) is 0.462. The summed E-state index contributed by atoms with van der Waals surface area (Å²) in [5, 5.41) is 2.59. The molecule has 0 saturated carbocycles. The van der Waals surface area contributed by atoms with Crippen molar-refractivity contribution in [1.82, 2.24) is 5.32 Å². The number of carbonyl (C=O) groups is 1. The first kappa shape index (κ1) is 12.7. The average Bonchev–Trinajstić information content (AvgIpc) is 2.72. The Hall–Kier alpha value is -1.75. The maximum absolute atomic E-state index is 10.9. The van der Waals surface area contributed by atoms with Gasteiger partial charge in [-0.2, -0.15) is 0 Å². The average molecular weight is 250 g/mol. The van der Waals surface area contributed by atoms with Crippen LogP contribution in [0.2, 0.25) is 0 Å². The maximum atomic E-state index is 10.9. The number of nitrogens with two attached hydrogens (primary N) is 1. The van der Waals surface area contributed by atoms with Crippen molar-refractivity contribution in [2.45, 2.75) is 26.0 Å². The Morgan fingerprint density at radius 3 is 3.00 bits per heavy atom. The van der Waals surface area contributed by atoms with E-state index in [0.717, 1.165) is 16.9 Å². The molecule has 1 aliphatic heterocycles. The molecule has 1 aromatic carbocycles. The number of hydrogen-bond donors (Lipinski definition) is 2. The number of rotatable bonds is 4. The Morgan fingerprint density at radius 1 is 1.61 bits per heavy atom. The number of benzene rings is 1. The normalized spacial score (nSPS) is 20.2. The van der Waals surface area contributed by atoms with Gasteiger partial charge >= 0.3 is 6.09 Å². The van der Waals surface area contributed by atoms with Gasteiger partial charge in [0.1, 0.15) is 12.4 Å². The van der Waals surface area contributed by atoms with Gasteiger partial charge < -0.3 is 20.5 Å². The van der Waals surface area contributed by atoms with Gasteiger partial charge in [-0.3, -0.25) is 0 Å². The monoisotopic (exact) mass is 250 g/mol. The molecule has 1 fully saturated rings. The molecule has 0 bridgehead atoms. The molecule has 0 aromatic heterocycles. The fourth-order valence-electron chi connectivity index (χ4n) is 1.85. The molecule has 98 valence electrons. The first-order chi connectivity index (χ1) is 8.56. The van der Waals surface area contributed by atoms with Crippen molar-refractivity contribution in [2.24, 2.45) is 5.73 Å². The SMILES string of the molecule is Cc1ccc([C@@H](C)N)c(OCC2CNC(=O)O2)c1. The largest absolute Gasteiger partial charge is 0.489 e. The van der Waals surface area contributed by atoms with Crippen LogP contribution in [-0.4, -0.2) is 25.3 Å². The van der Waals surface area contributed by atoms with Crippen LogP contribution in [0.4, 0.5) is 4.79 Å². The van der Waals surface area contributed by atoms with E-state index in [1.807, 2.05) is 32.0 Å². The van der Waals surface area contributed by atoms with E-state index in [1.165, 1.54) is 0 Å². The summed E-state index contributed by atoms with van der Waals surface area (Å²) in [6.07, 6.45) is -0.626. The van der Waals surface area contributed by atoms with E-state index in [1.54, 1.807) is 0 Å². The van der Waals surface area contributed by atoms with Crippen LogP contribution in [-0.2, 0) is 4.74 Å². The molecular weight excluding hydrogens is 232 g/mol. The summed E-state index contributed by atoms with van der Waals surface area (Å²) in [6.45, 7) is 4.73. The fourth-order valence-corrected chi connectivity index (χ4v) is 1.85. The van der Waals surface area contributed by atoms with Gasteiger partial charge in [0, 0.05) is 11.6 Å². The standard InChI is InChI=1S/C13H18N2O3/c1-8-3-4-11(9(2)14)12(5-8)17-7-10-6-15-13(16)18-10/h3-5,9-10H,6-7,14H2,1-2H3,(H,15,16)/t9-,10?/m1/s1. The van der Waals surface area contributed by atoms with Gasteiger partial charge in [-0.05, 0) is 25.5 Å². The Balaban J connectivity index is 2.03. The quantitative estimate of drug-likeness (QED) is 0.849. The molecule has 5 heteroatoms. The molecular formula is C13H18N2O3. The van der Waals surface area contributed by atoms with Crippen molar-refractivity contribution in [3.8, 4) is 5.75 Å². The first-order valence-electron chi connectivity index (χ1n) is 5.99. The lowest BCUT2D eigenvalue weighted by molar-refractivity contribution is 0.104. The van der Waals surface area contributed by atoms with Crippen molar-refractivity contribution < 1.29 is 14.3 Å². The molecule has 2 rings (SSSR count). The van der Waals surface area contributed by atoms with Crippen LogP contribution in [0, 0.1) is 6.92 Å². The van der Waals surface area contributed by atoms with Gasteiger partial charge in [-0.15, -0.1) is 0 Å². The Bertz CT molecular complexity index is 446. The molecule has 2 atom stereocenters. The number of hydrogen-bond acceptors (Lipinski definition) is 4. The first-order valence-corrected chi connectivity index (χ1v) is 5.99. The molecule has 3 N–H and O–H groups in total. The van der Waals surface area contributed by atoms with Crippen molar-refractivity contribution in [1.29, 1.82) is 0 Å². The highest BCUT2D eigenvalue weighted by molar-refractivity contribution is 5.69. The molecule has 0 aliphatic carbocycles.